The summed E-state index contributed by atoms with van der Waals surface area (Å²) in [6.45, 7) is 1.19. The van der Waals surface area contributed by atoms with Crippen molar-refractivity contribution in [2.45, 2.75) is 28.8 Å². The molecule has 0 saturated heterocycles. The van der Waals surface area contributed by atoms with Gasteiger partial charge in [0, 0.05) is 10.6 Å². The van der Waals surface area contributed by atoms with Gasteiger partial charge in [0.05, 0.1) is 25.7 Å². The van der Waals surface area contributed by atoms with E-state index in [1.165, 1.54) is 43.1 Å². The predicted octanol–water partition coefficient (Wildman–Crippen LogP) is 1.46. The zero-order valence-electron chi connectivity index (χ0n) is 21.2. The maximum absolute atomic E-state index is 12.7. The predicted molar refractivity (Wildman–Crippen MR) is 142 cm³/mol. The molecule has 2 amide bonds. The number of benzene rings is 2. The topological polar surface area (TPSA) is 154 Å². The van der Waals surface area contributed by atoms with Crippen molar-refractivity contribution >= 4 is 61.1 Å². The molecule has 0 fully saturated rings. The van der Waals surface area contributed by atoms with Gasteiger partial charge >= 0.3 is 11.9 Å². The largest absolute Gasteiger partial charge is 0.467 e. The molecule has 0 aromatic heterocycles. The van der Waals surface area contributed by atoms with E-state index in [-0.39, 0.29) is 16.5 Å². The van der Waals surface area contributed by atoms with E-state index in [1.807, 2.05) is 5.32 Å². The molecular formula is C23H25B2FN2O9S2. The Balaban J connectivity index is 0.000000395. The summed E-state index contributed by atoms with van der Waals surface area (Å²) in [7, 11) is 8.11. The normalized spacial score (nSPS) is 12.1. The summed E-state index contributed by atoms with van der Waals surface area (Å²) >= 11 is 1.29. The number of carbonyl (C=O) groups excluding carboxylic acids is 4. The quantitative estimate of drug-likeness (QED) is 0.173. The molecular weight excluding hydrogens is 553 g/mol. The van der Waals surface area contributed by atoms with Gasteiger partial charge in [0.25, 0.3) is 10.1 Å². The third-order valence-corrected chi connectivity index (χ3v) is 6.94. The monoisotopic (exact) mass is 578 g/mol. The molecule has 2 N–H and O–H groups in total. The van der Waals surface area contributed by atoms with E-state index in [2.05, 4.69) is 14.8 Å². The van der Waals surface area contributed by atoms with Crippen molar-refractivity contribution in [1.82, 2.24) is 10.6 Å². The first-order chi connectivity index (χ1) is 18.3. The molecule has 0 bridgehead atoms. The van der Waals surface area contributed by atoms with Crippen molar-refractivity contribution in [2.24, 2.45) is 0 Å². The Morgan fingerprint density at radius 2 is 1.36 bits per heavy atom. The van der Waals surface area contributed by atoms with Gasteiger partial charge in [-0.25, -0.2) is 14.0 Å². The third kappa shape index (κ3) is 12.8. The minimum absolute atomic E-state index is 0.0595. The molecule has 2 unspecified atom stereocenters. The van der Waals surface area contributed by atoms with Gasteiger partial charge in [-0.1, -0.05) is 17.7 Å². The van der Waals surface area contributed by atoms with Gasteiger partial charge in [-0.2, -0.15) is 8.42 Å². The van der Waals surface area contributed by atoms with Crippen LogP contribution in [0.1, 0.15) is 5.56 Å². The number of amides is 2. The number of thioether (sulfide) groups is 1. The minimum Gasteiger partial charge on any atom is -0.467 e. The van der Waals surface area contributed by atoms with Crippen LogP contribution in [-0.4, -0.2) is 86.3 Å². The zero-order chi connectivity index (χ0) is 29.6. The van der Waals surface area contributed by atoms with Gasteiger partial charge in [0.15, 0.2) is 17.7 Å². The van der Waals surface area contributed by atoms with Gasteiger partial charge in [0.2, 0.25) is 15.7 Å². The van der Waals surface area contributed by atoms with E-state index in [0.29, 0.717) is 0 Å². The Kier molecular flexibility index (Phi) is 14.3. The Labute approximate surface area is 232 Å². The highest BCUT2D eigenvalue weighted by molar-refractivity contribution is 7.99. The molecule has 16 heteroatoms. The van der Waals surface area contributed by atoms with Crippen LogP contribution < -0.4 is 10.6 Å². The molecule has 0 aliphatic carbocycles. The van der Waals surface area contributed by atoms with Crippen LogP contribution in [0.2, 0.25) is 0 Å². The number of hydrogen-bond donors (Lipinski definition) is 2. The van der Waals surface area contributed by atoms with E-state index in [0.717, 1.165) is 17.6 Å². The first kappa shape index (κ1) is 33.7. The molecule has 0 saturated carbocycles. The SMILES string of the molecule is [B]C(=O)NC(COS(=O)(=O)c1ccc(C)cc1)C(=O)OC.[B]C(=O)NC(CSc1ccc(F)cc1)C(=O)OC. The summed E-state index contributed by atoms with van der Waals surface area (Å²) in [5.41, 5.74) is 0.886. The summed E-state index contributed by atoms with van der Waals surface area (Å²) in [4.78, 5) is 44.9. The third-order valence-electron chi connectivity index (χ3n) is 4.53. The lowest BCUT2D eigenvalue weighted by Crippen LogP contribution is -2.44. The molecule has 0 spiro atoms. The Morgan fingerprint density at radius 3 is 1.85 bits per heavy atom. The number of ether oxygens (including phenoxy) is 2. The van der Waals surface area contributed by atoms with Crippen LogP contribution in [0.25, 0.3) is 0 Å². The van der Waals surface area contributed by atoms with Crippen LogP contribution in [0.5, 0.6) is 0 Å². The number of rotatable bonds is 11. The second-order valence-electron chi connectivity index (χ2n) is 7.49. The van der Waals surface area contributed by atoms with Crippen molar-refractivity contribution in [3.8, 4) is 0 Å². The number of esters is 2. The summed E-state index contributed by atoms with van der Waals surface area (Å²) in [6, 6.07) is 9.62. The van der Waals surface area contributed by atoms with Crippen molar-refractivity contribution in [3.63, 3.8) is 0 Å². The number of halogens is 1. The second-order valence-corrected chi connectivity index (χ2v) is 10.2. The van der Waals surface area contributed by atoms with E-state index in [4.69, 9.17) is 19.9 Å². The van der Waals surface area contributed by atoms with Crippen LogP contribution >= 0.6 is 11.8 Å². The fourth-order valence-electron chi connectivity index (χ4n) is 2.61. The summed E-state index contributed by atoms with van der Waals surface area (Å²) in [6.07, 6.45) is 0. The maximum atomic E-state index is 12.7. The lowest BCUT2D eigenvalue weighted by Gasteiger charge is -2.15. The average Bonchev–Trinajstić information content (AvgIpc) is 2.89. The van der Waals surface area contributed by atoms with Gasteiger partial charge in [-0.3, -0.25) is 13.8 Å². The zero-order valence-corrected chi connectivity index (χ0v) is 22.8. The highest BCUT2D eigenvalue weighted by Crippen LogP contribution is 2.19. The van der Waals surface area contributed by atoms with Gasteiger partial charge in [-0.15, -0.1) is 11.8 Å². The number of hydrogen-bond acceptors (Lipinski definition) is 10. The molecule has 0 aliphatic heterocycles. The Hall–Kier alpha value is -3.36. The Bertz CT molecular complexity index is 1230. The fraction of sp³-hybridized carbons (Fsp3) is 0.304. The van der Waals surface area contributed by atoms with Gasteiger partial charge in [0.1, 0.15) is 11.9 Å². The Morgan fingerprint density at radius 1 is 0.872 bits per heavy atom. The summed E-state index contributed by atoms with van der Waals surface area (Å²) in [5.74, 6) is -3.33. The first-order valence-electron chi connectivity index (χ1n) is 10.9. The van der Waals surface area contributed by atoms with Gasteiger partial charge in [-0.05, 0) is 43.3 Å². The summed E-state index contributed by atoms with van der Waals surface area (Å²) < 4.78 is 50.2. The van der Waals surface area contributed by atoms with E-state index in [1.54, 1.807) is 31.2 Å². The second kappa shape index (κ2) is 16.6. The molecule has 2 atom stereocenters. The standard InChI is InChI=1S/C12H14BNO6S.C11H11BFNO3S/c1-8-3-5-9(6-4-8)21(17,18)20-7-10(11(15)19-2)14-12(13)16;1-17-10(15)9(14-11(12)16)6-18-8-4-2-7(13)3-5-8/h3-6,10H,7H2,1-2H3,(H,14,16);2-5,9H,6H2,1H3,(H,14,16). The highest BCUT2D eigenvalue weighted by Gasteiger charge is 2.24. The lowest BCUT2D eigenvalue weighted by atomic mass is 10.1. The number of aryl methyl sites for hydroxylation is 1. The molecule has 2 aromatic carbocycles. The van der Waals surface area contributed by atoms with Crippen molar-refractivity contribution < 1.29 is 45.6 Å². The lowest BCUT2D eigenvalue weighted by molar-refractivity contribution is -0.143. The molecule has 206 valence electrons. The minimum atomic E-state index is -4.05. The van der Waals surface area contributed by atoms with Crippen LogP contribution in [0, 0.1) is 12.7 Å². The van der Waals surface area contributed by atoms with E-state index in [9.17, 15) is 32.0 Å². The molecule has 4 radical (unpaired) electrons. The van der Waals surface area contributed by atoms with Crippen molar-refractivity contribution in [1.29, 1.82) is 0 Å². The van der Waals surface area contributed by atoms with Crippen LogP contribution in [0.15, 0.2) is 58.3 Å². The number of carbonyl (C=O) groups is 4. The maximum Gasteiger partial charge on any atom is 0.330 e. The molecule has 0 heterocycles. The number of nitrogens with one attached hydrogen (secondary N) is 2. The highest BCUT2D eigenvalue weighted by atomic mass is 32.2. The van der Waals surface area contributed by atoms with E-state index < -0.39 is 52.4 Å². The average molecular weight is 578 g/mol. The molecule has 0 aliphatic rings. The smallest absolute Gasteiger partial charge is 0.330 e. The molecule has 2 rings (SSSR count). The van der Waals surface area contributed by atoms with Gasteiger partial charge < -0.3 is 20.1 Å². The summed E-state index contributed by atoms with van der Waals surface area (Å²) in [5, 5.41) is 4.32. The van der Waals surface area contributed by atoms with Crippen molar-refractivity contribution in [3.05, 3.63) is 59.9 Å². The molecule has 2 aromatic rings. The van der Waals surface area contributed by atoms with Crippen LogP contribution in [0.3, 0.4) is 0 Å². The molecule has 11 nitrogen and oxygen atoms in total. The van der Waals surface area contributed by atoms with Crippen LogP contribution in [0.4, 0.5) is 14.0 Å². The fourth-order valence-corrected chi connectivity index (χ4v) is 4.43. The van der Waals surface area contributed by atoms with Crippen molar-refractivity contribution in [2.75, 3.05) is 26.6 Å². The van der Waals surface area contributed by atoms with Crippen LogP contribution in [-0.2, 0) is 33.4 Å². The first-order valence-corrected chi connectivity index (χ1v) is 13.3. The number of methoxy groups -OCH3 is 2. The molecule has 39 heavy (non-hydrogen) atoms. The van der Waals surface area contributed by atoms with E-state index >= 15 is 0 Å².